The molecule has 1 aromatic rings. The number of carbonyl (C=O) groups excluding carboxylic acids is 2. The van der Waals surface area contributed by atoms with Crippen molar-refractivity contribution in [2.45, 2.75) is 19.8 Å². The minimum atomic E-state index is -0.364. The summed E-state index contributed by atoms with van der Waals surface area (Å²) in [6, 6.07) is 5.20. The van der Waals surface area contributed by atoms with Gasteiger partial charge in [0.25, 0.3) is 0 Å². The predicted molar refractivity (Wildman–Crippen MR) is 84.0 cm³/mol. The molecule has 116 valence electrons. The second-order valence-corrected chi connectivity index (χ2v) is 5.05. The summed E-state index contributed by atoms with van der Waals surface area (Å²) < 4.78 is 4.70. The standard InChI is InChI=1S/C15H20N2O3.ClH/c1-10-8-12(5-6-13(10)15(19)20-2)17-14(18)11-4-3-7-16-9-11;/h5-6,8,11,16H,3-4,7,9H2,1-2H3,(H,17,18);1H. The molecular formula is C15H21ClN2O3. The summed E-state index contributed by atoms with van der Waals surface area (Å²) in [6.45, 7) is 3.53. The van der Waals surface area contributed by atoms with Gasteiger partial charge in [0, 0.05) is 12.2 Å². The monoisotopic (exact) mass is 312 g/mol. The van der Waals surface area contributed by atoms with E-state index in [1.54, 1.807) is 18.2 Å². The molecule has 1 unspecified atom stereocenters. The first-order chi connectivity index (χ1) is 9.61. The maximum absolute atomic E-state index is 12.1. The molecule has 0 saturated carbocycles. The number of methoxy groups -OCH3 is 1. The molecule has 0 aromatic heterocycles. The van der Waals surface area contributed by atoms with Gasteiger partial charge in [-0.25, -0.2) is 4.79 Å². The average Bonchev–Trinajstić information content (AvgIpc) is 2.47. The zero-order chi connectivity index (χ0) is 14.5. The lowest BCUT2D eigenvalue weighted by atomic mass is 9.98. The largest absolute Gasteiger partial charge is 0.465 e. The van der Waals surface area contributed by atoms with E-state index in [1.165, 1.54) is 7.11 Å². The Balaban J connectivity index is 0.00000220. The average molecular weight is 313 g/mol. The molecule has 1 amide bonds. The summed E-state index contributed by atoms with van der Waals surface area (Å²) in [7, 11) is 1.35. The maximum atomic E-state index is 12.1. The molecule has 0 bridgehead atoms. The first kappa shape index (κ1) is 17.5. The molecule has 0 radical (unpaired) electrons. The molecule has 6 heteroatoms. The van der Waals surface area contributed by atoms with Gasteiger partial charge in [-0.15, -0.1) is 12.4 Å². The molecule has 0 spiro atoms. The van der Waals surface area contributed by atoms with Gasteiger partial charge in [0.05, 0.1) is 18.6 Å². The third-order valence-corrected chi connectivity index (χ3v) is 3.57. The van der Waals surface area contributed by atoms with E-state index in [9.17, 15) is 9.59 Å². The van der Waals surface area contributed by atoms with E-state index in [0.29, 0.717) is 11.3 Å². The number of aryl methyl sites for hydroxylation is 1. The normalized spacial score (nSPS) is 17.5. The number of carbonyl (C=O) groups is 2. The molecule has 0 aliphatic carbocycles. The highest BCUT2D eigenvalue weighted by atomic mass is 35.5. The molecule has 1 aromatic carbocycles. The number of amides is 1. The van der Waals surface area contributed by atoms with Crippen molar-refractivity contribution in [3.8, 4) is 0 Å². The van der Waals surface area contributed by atoms with Crippen LogP contribution in [0.25, 0.3) is 0 Å². The fourth-order valence-corrected chi connectivity index (χ4v) is 2.40. The summed E-state index contributed by atoms with van der Waals surface area (Å²) in [4.78, 5) is 23.6. The second kappa shape index (κ2) is 8.00. The Morgan fingerprint density at radius 1 is 1.38 bits per heavy atom. The molecule has 2 N–H and O–H groups in total. The van der Waals surface area contributed by atoms with Crippen LogP contribution in [0.3, 0.4) is 0 Å². The third-order valence-electron chi connectivity index (χ3n) is 3.57. The van der Waals surface area contributed by atoms with Gasteiger partial charge in [-0.2, -0.15) is 0 Å². The molecule has 1 saturated heterocycles. The quantitative estimate of drug-likeness (QED) is 0.839. The Labute approximate surface area is 130 Å². The number of nitrogens with one attached hydrogen (secondary N) is 2. The summed E-state index contributed by atoms with van der Waals surface area (Å²) in [5.74, 6) is -0.316. The Morgan fingerprint density at radius 2 is 2.14 bits per heavy atom. The molecule has 2 rings (SSSR count). The molecular weight excluding hydrogens is 292 g/mol. The summed E-state index contributed by atoms with van der Waals surface area (Å²) in [5.41, 5.74) is 2.02. The highest BCUT2D eigenvalue weighted by Crippen LogP contribution is 2.18. The summed E-state index contributed by atoms with van der Waals surface area (Å²) in [6.07, 6.45) is 1.94. The Morgan fingerprint density at radius 3 is 2.71 bits per heavy atom. The van der Waals surface area contributed by atoms with Crippen LogP contribution in [0.5, 0.6) is 0 Å². The van der Waals surface area contributed by atoms with Crippen molar-refractivity contribution >= 4 is 30.0 Å². The number of ether oxygens (including phenoxy) is 1. The number of piperidine rings is 1. The first-order valence-corrected chi connectivity index (χ1v) is 6.82. The fraction of sp³-hybridized carbons (Fsp3) is 0.467. The van der Waals surface area contributed by atoms with Crippen LogP contribution in [0.2, 0.25) is 0 Å². The van der Waals surface area contributed by atoms with Crippen molar-refractivity contribution in [1.29, 1.82) is 0 Å². The molecule has 1 atom stereocenters. The lowest BCUT2D eigenvalue weighted by Gasteiger charge is -2.22. The number of esters is 1. The molecule has 5 nitrogen and oxygen atoms in total. The van der Waals surface area contributed by atoms with Crippen LogP contribution in [0.15, 0.2) is 18.2 Å². The van der Waals surface area contributed by atoms with Crippen LogP contribution in [-0.4, -0.2) is 32.1 Å². The number of benzene rings is 1. The number of rotatable bonds is 3. The number of hydrogen-bond acceptors (Lipinski definition) is 4. The van der Waals surface area contributed by atoms with Crippen molar-refractivity contribution in [3.63, 3.8) is 0 Å². The van der Waals surface area contributed by atoms with Gasteiger partial charge in [-0.1, -0.05) is 0 Å². The molecule has 21 heavy (non-hydrogen) atoms. The SMILES string of the molecule is COC(=O)c1ccc(NC(=O)C2CCCNC2)cc1C.Cl. The van der Waals surface area contributed by atoms with Crippen molar-refractivity contribution in [2.24, 2.45) is 5.92 Å². The van der Waals surface area contributed by atoms with E-state index >= 15 is 0 Å². The van der Waals surface area contributed by atoms with E-state index < -0.39 is 0 Å². The van der Waals surface area contributed by atoms with E-state index in [1.807, 2.05) is 6.92 Å². The molecule has 1 aliphatic heterocycles. The molecule has 1 aliphatic rings. The Hall–Kier alpha value is -1.59. The van der Waals surface area contributed by atoms with Gasteiger partial charge in [0.1, 0.15) is 0 Å². The van der Waals surface area contributed by atoms with Crippen molar-refractivity contribution in [1.82, 2.24) is 5.32 Å². The number of anilines is 1. The van der Waals surface area contributed by atoms with E-state index in [-0.39, 0.29) is 30.2 Å². The van der Waals surface area contributed by atoms with Crippen molar-refractivity contribution in [3.05, 3.63) is 29.3 Å². The fourth-order valence-electron chi connectivity index (χ4n) is 2.40. The van der Waals surface area contributed by atoms with Crippen LogP contribution in [0, 0.1) is 12.8 Å². The summed E-state index contributed by atoms with van der Waals surface area (Å²) >= 11 is 0. The van der Waals surface area contributed by atoms with Crippen molar-refractivity contribution in [2.75, 3.05) is 25.5 Å². The van der Waals surface area contributed by atoms with Crippen LogP contribution in [-0.2, 0) is 9.53 Å². The topological polar surface area (TPSA) is 67.4 Å². The van der Waals surface area contributed by atoms with Crippen molar-refractivity contribution < 1.29 is 14.3 Å². The zero-order valence-electron chi connectivity index (χ0n) is 12.3. The Bertz CT molecular complexity index is 514. The van der Waals surface area contributed by atoms with Gasteiger partial charge < -0.3 is 15.4 Å². The lowest BCUT2D eigenvalue weighted by molar-refractivity contribution is -0.120. The number of hydrogen-bond donors (Lipinski definition) is 2. The highest BCUT2D eigenvalue weighted by Gasteiger charge is 2.21. The molecule has 1 fully saturated rings. The van der Waals surface area contributed by atoms with Crippen LogP contribution < -0.4 is 10.6 Å². The van der Waals surface area contributed by atoms with Gasteiger partial charge in [-0.3, -0.25) is 4.79 Å². The van der Waals surface area contributed by atoms with Crippen LogP contribution in [0.4, 0.5) is 5.69 Å². The van der Waals surface area contributed by atoms with E-state index in [4.69, 9.17) is 4.74 Å². The zero-order valence-corrected chi connectivity index (χ0v) is 13.1. The number of halogens is 1. The maximum Gasteiger partial charge on any atom is 0.338 e. The minimum Gasteiger partial charge on any atom is -0.465 e. The molecule has 1 heterocycles. The smallest absolute Gasteiger partial charge is 0.338 e. The van der Waals surface area contributed by atoms with Gasteiger partial charge in [-0.05, 0) is 50.1 Å². The second-order valence-electron chi connectivity index (χ2n) is 5.05. The van der Waals surface area contributed by atoms with Crippen LogP contribution >= 0.6 is 12.4 Å². The lowest BCUT2D eigenvalue weighted by Crippen LogP contribution is -2.37. The minimum absolute atomic E-state index is 0. The predicted octanol–water partition coefficient (Wildman–Crippen LogP) is 2.14. The van der Waals surface area contributed by atoms with E-state index in [0.717, 1.165) is 31.5 Å². The van der Waals surface area contributed by atoms with Gasteiger partial charge >= 0.3 is 5.97 Å². The van der Waals surface area contributed by atoms with Crippen LogP contribution in [0.1, 0.15) is 28.8 Å². The van der Waals surface area contributed by atoms with E-state index in [2.05, 4.69) is 10.6 Å². The third kappa shape index (κ3) is 4.44. The highest BCUT2D eigenvalue weighted by molar-refractivity contribution is 5.95. The summed E-state index contributed by atoms with van der Waals surface area (Å²) in [5, 5.41) is 6.13. The first-order valence-electron chi connectivity index (χ1n) is 6.82. The van der Waals surface area contributed by atoms with Gasteiger partial charge in [0.15, 0.2) is 0 Å². The van der Waals surface area contributed by atoms with Gasteiger partial charge in [0.2, 0.25) is 5.91 Å². The Kier molecular flexibility index (Phi) is 6.65.